The van der Waals surface area contributed by atoms with Gasteiger partial charge in [-0.25, -0.2) is 4.98 Å². The summed E-state index contributed by atoms with van der Waals surface area (Å²) in [5.41, 5.74) is 0.379. The fraction of sp³-hybridized carbons (Fsp3) is 0.529. The van der Waals surface area contributed by atoms with Gasteiger partial charge in [-0.3, -0.25) is 4.79 Å². The number of carbonyl (C=O) groups excluding carboxylic acids is 1. The first-order valence-electron chi connectivity index (χ1n) is 8.76. The molecule has 0 unspecified atom stereocenters. The van der Waals surface area contributed by atoms with Crippen molar-refractivity contribution in [1.29, 1.82) is 0 Å². The molecular weight excluding hydrogens is 320 g/mol. The van der Waals surface area contributed by atoms with Crippen LogP contribution in [0.15, 0.2) is 22.9 Å². The van der Waals surface area contributed by atoms with Gasteiger partial charge in [0.05, 0.1) is 0 Å². The molecule has 2 aliphatic rings. The molecule has 0 bridgehead atoms. The van der Waals surface area contributed by atoms with Gasteiger partial charge < -0.3 is 19.2 Å². The van der Waals surface area contributed by atoms with Crippen molar-refractivity contribution in [1.82, 2.24) is 20.0 Å². The van der Waals surface area contributed by atoms with Crippen LogP contribution in [0.4, 0.5) is 11.8 Å². The first kappa shape index (κ1) is 15.9. The topological polar surface area (TPSA) is 78.6 Å². The molecule has 2 aromatic rings. The Labute approximate surface area is 146 Å². The van der Waals surface area contributed by atoms with E-state index < -0.39 is 0 Å². The van der Waals surface area contributed by atoms with Crippen LogP contribution in [0.25, 0.3) is 0 Å². The van der Waals surface area contributed by atoms with Crippen LogP contribution < -0.4 is 9.80 Å². The van der Waals surface area contributed by atoms with E-state index >= 15 is 0 Å². The van der Waals surface area contributed by atoms with Crippen molar-refractivity contribution in [3.8, 4) is 0 Å². The summed E-state index contributed by atoms with van der Waals surface area (Å²) >= 11 is 0. The Hall–Kier alpha value is -2.64. The predicted molar refractivity (Wildman–Crippen MR) is 92.8 cm³/mol. The second kappa shape index (κ2) is 6.70. The number of rotatable bonds is 3. The van der Waals surface area contributed by atoms with Crippen molar-refractivity contribution in [3.63, 3.8) is 0 Å². The van der Waals surface area contributed by atoms with E-state index in [4.69, 9.17) is 9.51 Å². The minimum Gasteiger partial charge on any atom is -0.361 e. The fourth-order valence-electron chi connectivity index (χ4n) is 3.35. The summed E-state index contributed by atoms with van der Waals surface area (Å²) in [5.74, 6) is 2.32. The maximum atomic E-state index is 12.4. The highest BCUT2D eigenvalue weighted by Gasteiger charge is 2.25. The number of aromatic nitrogens is 3. The lowest BCUT2D eigenvalue weighted by Gasteiger charge is -2.35. The molecule has 0 atom stereocenters. The third-order valence-corrected chi connectivity index (χ3v) is 4.76. The lowest BCUT2D eigenvalue weighted by molar-refractivity contribution is 0.0736. The molecule has 1 amide bonds. The van der Waals surface area contributed by atoms with Crippen molar-refractivity contribution in [2.75, 3.05) is 49.1 Å². The van der Waals surface area contributed by atoms with Gasteiger partial charge in [0, 0.05) is 51.5 Å². The van der Waals surface area contributed by atoms with E-state index in [0.717, 1.165) is 37.9 Å². The number of amides is 1. The van der Waals surface area contributed by atoms with Crippen molar-refractivity contribution >= 4 is 17.7 Å². The number of piperazine rings is 1. The van der Waals surface area contributed by atoms with E-state index in [2.05, 4.69) is 19.9 Å². The Kier molecular flexibility index (Phi) is 4.25. The zero-order valence-electron chi connectivity index (χ0n) is 14.4. The van der Waals surface area contributed by atoms with Crippen LogP contribution in [0.3, 0.4) is 0 Å². The highest BCUT2D eigenvalue weighted by atomic mass is 16.5. The number of hydrogen-bond donors (Lipinski definition) is 0. The Balaban J connectivity index is 1.40. The molecule has 8 nitrogen and oxygen atoms in total. The Bertz CT molecular complexity index is 747. The van der Waals surface area contributed by atoms with Crippen LogP contribution in [0.2, 0.25) is 0 Å². The molecule has 25 heavy (non-hydrogen) atoms. The average Bonchev–Trinajstić information content (AvgIpc) is 3.33. The summed E-state index contributed by atoms with van der Waals surface area (Å²) < 4.78 is 5.00. The lowest BCUT2D eigenvalue weighted by atomic mass is 10.2. The van der Waals surface area contributed by atoms with Gasteiger partial charge in [-0.2, -0.15) is 4.98 Å². The molecule has 4 heterocycles. The molecule has 8 heteroatoms. The van der Waals surface area contributed by atoms with E-state index in [1.54, 1.807) is 13.0 Å². The van der Waals surface area contributed by atoms with Crippen LogP contribution in [0.1, 0.15) is 29.1 Å². The summed E-state index contributed by atoms with van der Waals surface area (Å²) in [6.07, 6.45) is 4.23. The Morgan fingerprint density at radius 2 is 1.84 bits per heavy atom. The first-order chi connectivity index (χ1) is 12.2. The molecule has 4 rings (SSSR count). The predicted octanol–water partition coefficient (Wildman–Crippen LogP) is 1.34. The van der Waals surface area contributed by atoms with E-state index in [9.17, 15) is 4.79 Å². The Morgan fingerprint density at radius 3 is 2.52 bits per heavy atom. The molecule has 2 saturated heterocycles. The number of anilines is 2. The van der Waals surface area contributed by atoms with E-state index in [1.807, 2.05) is 17.2 Å². The third-order valence-electron chi connectivity index (χ3n) is 4.76. The van der Waals surface area contributed by atoms with Gasteiger partial charge in [0.1, 0.15) is 11.6 Å². The number of hydrogen-bond acceptors (Lipinski definition) is 7. The summed E-state index contributed by atoms with van der Waals surface area (Å²) in [6.45, 7) is 6.64. The minimum absolute atomic E-state index is 0.0723. The fourth-order valence-corrected chi connectivity index (χ4v) is 3.35. The molecule has 2 aromatic heterocycles. The SMILES string of the molecule is Cc1cc(C(=O)N2CCN(c3ccnc(N4CCCC4)n3)CC2)no1. The van der Waals surface area contributed by atoms with Crippen molar-refractivity contribution in [2.45, 2.75) is 19.8 Å². The molecule has 0 aliphatic carbocycles. The molecule has 0 spiro atoms. The maximum absolute atomic E-state index is 12.4. The zero-order chi connectivity index (χ0) is 17.2. The highest BCUT2D eigenvalue weighted by Crippen LogP contribution is 2.20. The molecule has 0 aromatic carbocycles. The normalized spacial score (nSPS) is 18.0. The van der Waals surface area contributed by atoms with Gasteiger partial charge in [0.25, 0.3) is 5.91 Å². The quantitative estimate of drug-likeness (QED) is 0.833. The molecule has 2 fully saturated rings. The van der Waals surface area contributed by atoms with Gasteiger partial charge in [0.15, 0.2) is 5.69 Å². The molecular formula is C17H22N6O2. The van der Waals surface area contributed by atoms with Gasteiger partial charge in [0.2, 0.25) is 5.95 Å². The zero-order valence-corrected chi connectivity index (χ0v) is 14.4. The van der Waals surface area contributed by atoms with Crippen LogP contribution in [-0.4, -0.2) is 65.2 Å². The lowest BCUT2D eigenvalue weighted by Crippen LogP contribution is -2.49. The smallest absolute Gasteiger partial charge is 0.276 e. The second-order valence-electron chi connectivity index (χ2n) is 6.51. The second-order valence-corrected chi connectivity index (χ2v) is 6.51. The number of nitrogens with zero attached hydrogens (tertiary/aromatic N) is 6. The maximum Gasteiger partial charge on any atom is 0.276 e. The van der Waals surface area contributed by atoms with Gasteiger partial charge in [-0.1, -0.05) is 5.16 Å². The van der Waals surface area contributed by atoms with Crippen molar-refractivity contribution in [2.24, 2.45) is 0 Å². The van der Waals surface area contributed by atoms with Crippen LogP contribution >= 0.6 is 0 Å². The van der Waals surface area contributed by atoms with E-state index in [-0.39, 0.29) is 5.91 Å². The van der Waals surface area contributed by atoms with Crippen molar-refractivity contribution in [3.05, 3.63) is 29.8 Å². The number of aryl methyl sites for hydroxylation is 1. The molecule has 0 radical (unpaired) electrons. The van der Waals surface area contributed by atoms with Crippen LogP contribution in [0, 0.1) is 6.92 Å². The van der Waals surface area contributed by atoms with E-state index in [0.29, 0.717) is 24.5 Å². The first-order valence-corrected chi connectivity index (χ1v) is 8.76. The molecule has 2 aliphatic heterocycles. The molecule has 132 valence electrons. The highest BCUT2D eigenvalue weighted by molar-refractivity contribution is 5.92. The Morgan fingerprint density at radius 1 is 1.08 bits per heavy atom. The van der Waals surface area contributed by atoms with Gasteiger partial charge in [-0.05, 0) is 25.8 Å². The summed E-state index contributed by atoms with van der Waals surface area (Å²) in [4.78, 5) is 27.8. The summed E-state index contributed by atoms with van der Waals surface area (Å²) in [7, 11) is 0. The average molecular weight is 342 g/mol. The molecule has 0 N–H and O–H groups in total. The van der Waals surface area contributed by atoms with E-state index in [1.165, 1.54) is 12.8 Å². The van der Waals surface area contributed by atoms with Gasteiger partial charge in [-0.15, -0.1) is 0 Å². The van der Waals surface area contributed by atoms with Gasteiger partial charge >= 0.3 is 0 Å². The van der Waals surface area contributed by atoms with Crippen LogP contribution in [0.5, 0.6) is 0 Å². The summed E-state index contributed by atoms with van der Waals surface area (Å²) in [6, 6.07) is 3.62. The standard InChI is InChI=1S/C17H22N6O2/c1-13-12-14(20-25-13)16(24)22-10-8-21(9-11-22)15-4-5-18-17(19-15)23-6-2-3-7-23/h4-5,12H,2-3,6-11H2,1H3. The molecule has 0 saturated carbocycles. The van der Waals surface area contributed by atoms with Crippen molar-refractivity contribution < 1.29 is 9.32 Å². The number of carbonyl (C=O) groups is 1. The van der Waals surface area contributed by atoms with Crippen LogP contribution in [-0.2, 0) is 0 Å². The monoisotopic (exact) mass is 342 g/mol. The third kappa shape index (κ3) is 3.29. The largest absolute Gasteiger partial charge is 0.361 e. The minimum atomic E-state index is -0.0723. The summed E-state index contributed by atoms with van der Waals surface area (Å²) in [5, 5.41) is 3.82.